The molecular formula is C14H18N4O. The highest BCUT2D eigenvalue weighted by Crippen LogP contribution is 2.27. The van der Waals surface area contributed by atoms with Crippen LogP contribution in [0.2, 0.25) is 0 Å². The van der Waals surface area contributed by atoms with Crippen molar-refractivity contribution in [1.29, 1.82) is 0 Å². The molecule has 2 aromatic rings. The van der Waals surface area contributed by atoms with Crippen LogP contribution >= 0.6 is 0 Å². The van der Waals surface area contributed by atoms with E-state index in [-0.39, 0.29) is 0 Å². The summed E-state index contributed by atoms with van der Waals surface area (Å²) >= 11 is 0. The monoisotopic (exact) mass is 258 g/mol. The van der Waals surface area contributed by atoms with Gasteiger partial charge >= 0.3 is 0 Å². The molecule has 0 bridgehead atoms. The van der Waals surface area contributed by atoms with Gasteiger partial charge in [0.1, 0.15) is 5.82 Å². The lowest BCUT2D eigenvalue weighted by Gasteiger charge is -2.19. The molecule has 1 aliphatic heterocycles. The van der Waals surface area contributed by atoms with Crippen molar-refractivity contribution < 1.29 is 4.79 Å². The Hall–Kier alpha value is -1.75. The molecule has 1 atom stereocenters. The van der Waals surface area contributed by atoms with Crippen molar-refractivity contribution in [2.45, 2.75) is 32.2 Å². The summed E-state index contributed by atoms with van der Waals surface area (Å²) in [4.78, 5) is 13.3. The van der Waals surface area contributed by atoms with Crippen LogP contribution in [0.5, 0.6) is 0 Å². The maximum Gasteiger partial charge on any atom is 0.160 e. The molecule has 0 aromatic carbocycles. The number of nitrogens with zero attached hydrogens (tertiary/aromatic N) is 4. The fourth-order valence-electron chi connectivity index (χ4n) is 2.74. The van der Waals surface area contributed by atoms with Crippen LogP contribution in [0.1, 0.15) is 42.4 Å². The van der Waals surface area contributed by atoms with E-state index in [0.717, 1.165) is 37.3 Å². The number of carbonyl (C=O) groups is 1. The topological polar surface area (TPSA) is 50.5 Å². The molecule has 0 saturated carbocycles. The summed E-state index contributed by atoms with van der Waals surface area (Å²) in [5.74, 6) is 1.38. The number of hydrogen-bond acceptors (Lipinski definition) is 4. The van der Waals surface area contributed by atoms with E-state index in [1.807, 2.05) is 16.7 Å². The molecule has 1 saturated heterocycles. The van der Waals surface area contributed by atoms with Crippen LogP contribution in [0.4, 0.5) is 0 Å². The first-order valence-electron chi connectivity index (χ1n) is 6.73. The fourth-order valence-corrected chi connectivity index (χ4v) is 2.74. The molecular weight excluding hydrogens is 240 g/mol. The fraction of sp³-hybridized carbons (Fsp3) is 0.500. The van der Waals surface area contributed by atoms with Crippen molar-refractivity contribution in [3.05, 3.63) is 29.7 Å². The van der Waals surface area contributed by atoms with Gasteiger partial charge in [0.05, 0.1) is 0 Å². The third kappa shape index (κ3) is 2.14. The van der Waals surface area contributed by atoms with Gasteiger partial charge in [-0.05, 0) is 38.9 Å². The Morgan fingerprint density at radius 2 is 2.21 bits per heavy atom. The van der Waals surface area contributed by atoms with E-state index in [1.54, 1.807) is 6.07 Å². The summed E-state index contributed by atoms with van der Waals surface area (Å²) in [6.45, 7) is 6.55. The van der Waals surface area contributed by atoms with Gasteiger partial charge in [0.2, 0.25) is 0 Å². The molecule has 0 N–H and O–H groups in total. The van der Waals surface area contributed by atoms with Crippen LogP contribution in [0, 0.1) is 0 Å². The maximum atomic E-state index is 10.9. The molecule has 19 heavy (non-hydrogen) atoms. The van der Waals surface area contributed by atoms with Crippen molar-refractivity contribution in [3.63, 3.8) is 0 Å². The van der Waals surface area contributed by atoms with Crippen LogP contribution < -0.4 is 0 Å². The van der Waals surface area contributed by atoms with Gasteiger partial charge in [0.25, 0.3) is 0 Å². The molecule has 0 aliphatic carbocycles. The number of fused-ring (bicyclic) bond motifs is 1. The lowest BCUT2D eigenvalue weighted by atomic mass is 10.1. The molecule has 0 amide bonds. The standard InChI is InChI=1S/C14H18N4O/c1-10(2)17-6-5-12(8-17)14-16-15-13-4-3-11(9-19)7-18(13)14/h3-4,7,9-10,12H,5-6,8H2,1-2H3. The summed E-state index contributed by atoms with van der Waals surface area (Å²) in [6.07, 6.45) is 3.79. The van der Waals surface area contributed by atoms with E-state index in [4.69, 9.17) is 0 Å². The predicted molar refractivity (Wildman–Crippen MR) is 72.4 cm³/mol. The van der Waals surface area contributed by atoms with Gasteiger partial charge in [0.15, 0.2) is 11.9 Å². The first-order chi connectivity index (χ1) is 9.19. The van der Waals surface area contributed by atoms with E-state index < -0.39 is 0 Å². The van der Waals surface area contributed by atoms with Crippen LogP contribution in [0.15, 0.2) is 18.3 Å². The van der Waals surface area contributed by atoms with E-state index >= 15 is 0 Å². The summed E-state index contributed by atoms with van der Waals surface area (Å²) in [5, 5.41) is 8.50. The zero-order valence-electron chi connectivity index (χ0n) is 11.3. The van der Waals surface area contributed by atoms with Crippen molar-refractivity contribution in [2.24, 2.45) is 0 Å². The molecule has 3 heterocycles. The minimum atomic E-state index is 0.402. The first kappa shape index (κ1) is 12.3. The molecule has 1 fully saturated rings. The Labute approximate surface area is 112 Å². The number of hydrogen-bond donors (Lipinski definition) is 0. The van der Waals surface area contributed by atoms with Gasteiger partial charge in [-0.15, -0.1) is 10.2 Å². The zero-order chi connectivity index (χ0) is 13.4. The molecule has 5 nitrogen and oxygen atoms in total. The Morgan fingerprint density at radius 1 is 1.37 bits per heavy atom. The highest BCUT2D eigenvalue weighted by molar-refractivity contribution is 5.74. The Bertz CT molecular complexity index is 605. The van der Waals surface area contributed by atoms with E-state index in [1.165, 1.54) is 0 Å². The van der Waals surface area contributed by atoms with Crippen molar-refractivity contribution in [3.8, 4) is 0 Å². The number of carbonyl (C=O) groups excluding carboxylic acids is 1. The highest BCUT2D eigenvalue weighted by Gasteiger charge is 2.28. The SMILES string of the molecule is CC(C)N1CCC(c2nnc3ccc(C=O)cn23)C1. The van der Waals surface area contributed by atoms with Gasteiger partial charge in [-0.2, -0.15) is 0 Å². The average molecular weight is 258 g/mol. The Morgan fingerprint density at radius 3 is 2.89 bits per heavy atom. The summed E-state index contributed by atoms with van der Waals surface area (Å²) in [7, 11) is 0. The largest absolute Gasteiger partial charge is 0.300 e. The molecule has 0 spiro atoms. The summed E-state index contributed by atoms with van der Waals surface area (Å²) in [5.41, 5.74) is 1.47. The second kappa shape index (κ2) is 4.74. The van der Waals surface area contributed by atoms with Crippen molar-refractivity contribution >= 4 is 11.9 Å². The smallest absolute Gasteiger partial charge is 0.160 e. The lowest BCUT2D eigenvalue weighted by molar-refractivity contribution is 0.112. The van der Waals surface area contributed by atoms with Crippen molar-refractivity contribution in [2.75, 3.05) is 13.1 Å². The third-order valence-corrected chi connectivity index (χ3v) is 3.90. The van der Waals surface area contributed by atoms with Gasteiger partial charge in [-0.3, -0.25) is 9.20 Å². The number of aldehydes is 1. The second-order valence-electron chi connectivity index (χ2n) is 5.44. The highest BCUT2D eigenvalue weighted by atomic mass is 16.1. The number of pyridine rings is 1. The minimum absolute atomic E-state index is 0.402. The molecule has 3 rings (SSSR count). The molecule has 5 heteroatoms. The summed E-state index contributed by atoms with van der Waals surface area (Å²) < 4.78 is 1.96. The van der Waals surface area contributed by atoms with Gasteiger partial charge in [0, 0.05) is 30.3 Å². The molecule has 1 aliphatic rings. The Kier molecular flexibility index (Phi) is 3.06. The van der Waals surface area contributed by atoms with Crippen LogP contribution in [-0.4, -0.2) is 44.9 Å². The molecule has 2 aromatic heterocycles. The third-order valence-electron chi connectivity index (χ3n) is 3.90. The van der Waals surface area contributed by atoms with Crippen LogP contribution in [0.25, 0.3) is 5.65 Å². The van der Waals surface area contributed by atoms with Crippen molar-refractivity contribution in [1.82, 2.24) is 19.5 Å². The molecule has 100 valence electrons. The summed E-state index contributed by atoms with van der Waals surface area (Å²) in [6, 6.07) is 4.18. The van der Waals surface area contributed by atoms with Gasteiger partial charge in [-0.1, -0.05) is 0 Å². The maximum absolute atomic E-state index is 10.9. The van der Waals surface area contributed by atoms with Crippen LogP contribution in [-0.2, 0) is 0 Å². The Balaban J connectivity index is 1.95. The number of rotatable bonds is 3. The molecule has 0 radical (unpaired) electrons. The lowest BCUT2D eigenvalue weighted by Crippen LogP contribution is -2.28. The first-order valence-corrected chi connectivity index (χ1v) is 6.73. The van der Waals surface area contributed by atoms with E-state index in [2.05, 4.69) is 28.9 Å². The average Bonchev–Trinajstić information content (AvgIpc) is 3.03. The normalized spacial score (nSPS) is 20.5. The zero-order valence-corrected chi connectivity index (χ0v) is 11.3. The van der Waals surface area contributed by atoms with E-state index in [0.29, 0.717) is 17.5 Å². The number of likely N-dealkylation sites (tertiary alicyclic amines) is 1. The van der Waals surface area contributed by atoms with Crippen LogP contribution in [0.3, 0.4) is 0 Å². The second-order valence-corrected chi connectivity index (χ2v) is 5.44. The number of aromatic nitrogens is 3. The quantitative estimate of drug-likeness (QED) is 0.787. The van der Waals surface area contributed by atoms with Gasteiger partial charge in [-0.25, -0.2) is 0 Å². The predicted octanol–water partition coefficient (Wildman–Crippen LogP) is 1.74. The van der Waals surface area contributed by atoms with Gasteiger partial charge < -0.3 is 4.90 Å². The minimum Gasteiger partial charge on any atom is -0.300 e. The van der Waals surface area contributed by atoms with E-state index in [9.17, 15) is 4.79 Å². The molecule has 1 unspecified atom stereocenters.